The first-order valence-electron chi connectivity index (χ1n) is 3.62. The lowest BCUT2D eigenvalue weighted by Gasteiger charge is -1.77. The largest absolute Gasteiger partial charge is 0.426 e. The van der Waals surface area contributed by atoms with Crippen molar-refractivity contribution in [3.8, 4) is 0 Å². The van der Waals surface area contributed by atoms with Crippen LogP contribution in [0.2, 0.25) is 0 Å². The number of rotatable bonds is 1. The Kier molecular flexibility index (Phi) is 4.54. The van der Waals surface area contributed by atoms with Gasteiger partial charge in [-0.1, -0.05) is 20.8 Å². The van der Waals surface area contributed by atoms with E-state index in [4.69, 9.17) is 4.42 Å². The van der Waals surface area contributed by atoms with Gasteiger partial charge in [-0.05, 0) is 0 Å². The summed E-state index contributed by atoms with van der Waals surface area (Å²) in [5, 5.41) is 7.39. The van der Waals surface area contributed by atoms with Crippen LogP contribution in [0.25, 0.3) is 0 Å². The topological polar surface area (TPSA) is 38.9 Å². The fourth-order valence-corrected chi connectivity index (χ4v) is 0.480. The third-order valence-corrected chi connectivity index (χ3v) is 0.870. The molecule has 58 valence electrons. The summed E-state index contributed by atoms with van der Waals surface area (Å²) in [6.07, 6.45) is 0.820. The molecule has 0 aromatic carbocycles. The maximum absolute atomic E-state index is 5.01. The van der Waals surface area contributed by atoms with Crippen LogP contribution < -0.4 is 0 Å². The van der Waals surface area contributed by atoms with Gasteiger partial charge in [0.1, 0.15) is 0 Å². The molecular weight excluding hydrogens is 128 g/mol. The Hall–Kier alpha value is -0.860. The zero-order valence-electron chi connectivity index (χ0n) is 7.01. The Morgan fingerprint density at radius 2 is 1.90 bits per heavy atom. The summed E-state index contributed by atoms with van der Waals surface area (Å²) in [5.74, 6) is 1.35. The van der Waals surface area contributed by atoms with Crippen LogP contribution in [0.3, 0.4) is 0 Å². The fourth-order valence-electron chi connectivity index (χ4n) is 0.480. The molecule has 0 spiro atoms. The molecule has 0 aliphatic rings. The van der Waals surface area contributed by atoms with Gasteiger partial charge >= 0.3 is 0 Å². The molecule has 0 aliphatic carbocycles. The van der Waals surface area contributed by atoms with Crippen molar-refractivity contribution in [3.05, 3.63) is 11.8 Å². The molecule has 1 rings (SSSR count). The highest BCUT2D eigenvalue weighted by atomic mass is 16.4. The predicted molar refractivity (Wildman–Crippen MR) is 39.8 cm³/mol. The predicted octanol–water partition coefficient (Wildman–Crippen LogP) is 1.97. The van der Waals surface area contributed by atoms with Gasteiger partial charge in [0.15, 0.2) is 0 Å². The van der Waals surface area contributed by atoms with Crippen molar-refractivity contribution >= 4 is 0 Å². The minimum Gasteiger partial charge on any atom is -0.426 e. The first-order valence-corrected chi connectivity index (χ1v) is 3.62. The quantitative estimate of drug-likeness (QED) is 0.601. The van der Waals surface area contributed by atoms with Gasteiger partial charge in [0.2, 0.25) is 11.8 Å². The Labute approximate surface area is 61.5 Å². The number of hydrogen-bond acceptors (Lipinski definition) is 3. The van der Waals surface area contributed by atoms with Crippen LogP contribution in [-0.4, -0.2) is 10.2 Å². The van der Waals surface area contributed by atoms with E-state index in [2.05, 4.69) is 10.2 Å². The van der Waals surface area contributed by atoms with E-state index in [9.17, 15) is 0 Å². The van der Waals surface area contributed by atoms with E-state index in [1.165, 1.54) is 0 Å². The molecule has 0 atom stereocenters. The second-order valence-corrected chi connectivity index (χ2v) is 1.57. The second kappa shape index (κ2) is 4.97. The molecule has 1 aromatic heterocycles. The van der Waals surface area contributed by atoms with Crippen molar-refractivity contribution in [2.24, 2.45) is 0 Å². The van der Waals surface area contributed by atoms with Gasteiger partial charge in [-0.2, -0.15) is 0 Å². The molecule has 10 heavy (non-hydrogen) atoms. The summed E-state index contributed by atoms with van der Waals surface area (Å²) in [4.78, 5) is 0. The van der Waals surface area contributed by atoms with E-state index in [-0.39, 0.29) is 0 Å². The van der Waals surface area contributed by atoms with Gasteiger partial charge in [-0.15, -0.1) is 10.2 Å². The average Bonchev–Trinajstić information content (AvgIpc) is 2.40. The number of hydrogen-bond donors (Lipinski definition) is 0. The fraction of sp³-hybridized carbons (Fsp3) is 0.714. The van der Waals surface area contributed by atoms with Crippen molar-refractivity contribution in [3.63, 3.8) is 0 Å². The number of aryl methyl sites for hydroxylation is 2. The molecule has 0 saturated heterocycles. The highest BCUT2D eigenvalue weighted by molar-refractivity contribution is 4.76. The molecule has 0 radical (unpaired) electrons. The Morgan fingerprint density at radius 3 is 2.10 bits per heavy atom. The third-order valence-electron chi connectivity index (χ3n) is 0.870. The highest BCUT2D eigenvalue weighted by Crippen LogP contribution is 1.96. The molecule has 3 heteroatoms. The lowest BCUT2D eigenvalue weighted by atomic mass is 10.5. The van der Waals surface area contributed by atoms with Gasteiger partial charge in [-0.25, -0.2) is 0 Å². The van der Waals surface area contributed by atoms with Gasteiger partial charge in [0, 0.05) is 13.3 Å². The summed E-state index contributed by atoms with van der Waals surface area (Å²) in [5.41, 5.74) is 0. The zero-order valence-corrected chi connectivity index (χ0v) is 7.01. The van der Waals surface area contributed by atoms with E-state index in [1.807, 2.05) is 20.8 Å². The van der Waals surface area contributed by atoms with Crippen LogP contribution in [0, 0.1) is 6.92 Å². The maximum atomic E-state index is 5.01. The summed E-state index contributed by atoms with van der Waals surface area (Å²) in [6.45, 7) is 7.76. The Bertz CT molecular complexity index is 172. The minimum atomic E-state index is 0.641. The minimum absolute atomic E-state index is 0.641. The molecule has 1 heterocycles. The summed E-state index contributed by atoms with van der Waals surface area (Å²) in [7, 11) is 0. The zero-order chi connectivity index (χ0) is 7.98. The Balaban J connectivity index is 0.000000371. The van der Waals surface area contributed by atoms with Crippen LogP contribution in [0.15, 0.2) is 4.42 Å². The lowest BCUT2D eigenvalue weighted by molar-refractivity contribution is 0.473. The Morgan fingerprint density at radius 1 is 1.30 bits per heavy atom. The summed E-state index contributed by atoms with van der Waals surface area (Å²) >= 11 is 0. The van der Waals surface area contributed by atoms with Crippen molar-refractivity contribution < 1.29 is 4.42 Å². The second-order valence-electron chi connectivity index (χ2n) is 1.57. The van der Waals surface area contributed by atoms with E-state index in [0.29, 0.717) is 11.8 Å². The first-order chi connectivity index (χ1) is 4.83. The van der Waals surface area contributed by atoms with Crippen molar-refractivity contribution in [2.75, 3.05) is 0 Å². The molecule has 0 aliphatic heterocycles. The third kappa shape index (κ3) is 2.62. The molecule has 0 bridgehead atoms. The molecule has 0 fully saturated rings. The van der Waals surface area contributed by atoms with E-state index < -0.39 is 0 Å². The summed E-state index contributed by atoms with van der Waals surface area (Å²) in [6, 6.07) is 0. The van der Waals surface area contributed by atoms with Gasteiger partial charge in [0.25, 0.3) is 0 Å². The molecule has 0 amide bonds. The average molecular weight is 142 g/mol. The van der Waals surface area contributed by atoms with Crippen molar-refractivity contribution in [1.29, 1.82) is 0 Å². The normalized spacial score (nSPS) is 8.40. The molecule has 0 saturated carbocycles. The van der Waals surface area contributed by atoms with Gasteiger partial charge in [-0.3, -0.25) is 0 Å². The monoisotopic (exact) mass is 142 g/mol. The smallest absolute Gasteiger partial charge is 0.216 e. The number of aromatic nitrogens is 2. The lowest BCUT2D eigenvalue weighted by Crippen LogP contribution is -1.76. The van der Waals surface area contributed by atoms with Gasteiger partial charge in [0.05, 0.1) is 0 Å². The van der Waals surface area contributed by atoms with Crippen LogP contribution in [0.4, 0.5) is 0 Å². The van der Waals surface area contributed by atoms with E-state index in [0.717, 1.165) is 6.42 Å². The molecule has 3 nitrogen and oxygen atoms in total. The first kappa shape index (κ1) is 9.14. The van der Waals surface area contributed by atoms with Crippen molar-refractivity contribution in [1.82, 2.24) is 10.2 Å². The number of nitrogens with zero attached hydrogens (tertiary/aromatic N) is 2. The highest BCUT2D eigenvalue weighted by Gasteiger charge is 1.94. The van der Waals surface area contributed by atoms with Crippen LogP contribution in [0.5, 0.6) is 0 Å². The molecule has 0 N–H and O–H groups in total. The van der Waals surface area contributed by atoms with E-state index >= 15 is 0 Å². The van der Waals surface area contributed by atoms with Crippen molar-refractivity contribution in [2.45, 2.75) is 34.1 Å². The van der Waals surface area contributed by atoms with E-state index in [1.54, 1.807) is 6.92 Å². The van der Waals surface area contributed by atoms with Crippen LogP contribution in [0.1, 0.15) is 32.6 Å². The molecule has 1 aromatic rings. The maximum Gasteiger partial charge on any atom is 0.216 e. The SMILES string of the molecule is CC.CCc1nnc(C)o1. The van der Waals surface area contributed by atoms with Crippen LogP contribution in [-0.2, 0) is 6.42 Å². The van der Waals surface area contributed by atoms with Crippen LogP contribution >= 0.6 is 0 Å². The molecule has 0 unspecified atom stereocenters. The van der Waals surface area contributed by atoms with Gasteiger partial charge < -0.3 is 4.42 Å². The molecular formula is C7H14N2O. The standard InChI is InChI=1S/C5H8N2O.C2H6/c1-3-5-7-6-4(2)8-5;1-2/h3H2,1-2H3;1-2H3. The summed E-state index contributed by atoms with van der Waals surface area (Å²) < 4.78 is 5.01.